The van der Waals surface area contributed by atoms with Gasteiger partial charge < -0.3 is 5.11 Å². The van der Waals surface area contributed by atoms with Crippen LogP contribution in [-0.4, -0.2) is 26.3 Å². The van der Waals surface area contributed by atoms with Crippen LogP contribution in [0.2, 0.25) is 0 Å². The van der Waals surface area contributed by atoms with Crippen molar-refractivity contribution in [2.24, 2.45) is 35.0 Å². The van der Waals surface area contributed by atoms with E-state index in [0.29, 0.717) is 16.9 Å². The molecule has 0 spiro atoms. The van der Waals surface area contributed by atoms with Crippen LogP contribution in [0.4, 0.5) is 0 Å². The molecule has 0 aliphatic heterocycles. The van der Waals surface area contributed by atoms with Crippen molar-refractivity contribution in [2.45, 2.75) is 104 Å². The lowest BCUT2D eigenvalue weighted by Crippen LogP contribution is -2.53. The molecule has 32 heavy (non-hydrogen) atoms. The molecule has 176 valence electrons. The average molecular weight is 440 g/mol. The van der Waals surface area contributed by atoms with E-state index in [1.165, 1.54) is 44.7 Å². The number of aliphatic hydroxyl groups is 1. The second kappa shape index (κ2) is 9.29. The predicted octanol–water partition coefficient (Wildman–Crippen LogP) is 5.51. The average Bonchev–Trinajstić information content (AvgIpc) is 3.22. The second-order valence-corrected chi connectivity index (χ2v) is 11.6. The summed E-state index contributed by atoms with van der Waals surface area (Å²) in [6, 6.07) is 2.08. The molecule has 0 saturated heterocycles. The fourth-order valence-electron chi connectivity index (χ4n) is 7.70. The first-order valence-corrected chi connectivity index (χ1v) is 12.9. The Bertz CT molecular complexity index is 853. The molecule has 3 fully saturated rings. The highest BCUT2D eigenvalue weighted by molar-refractivity contribution is 5.80. The SMILES string of the molecule is CC[C@H](CC[C@@H]1CCC[C@H]2[C@H]1CC[C@@H]1C[C@](C)(O)CC[C@@]12C)C(=O)Cn1cc(C#N)cn1. The first kappa shape index (κ1) is 23.5. The number of ketones is 1. The van der Waals surface area contributed by atoms with Gasteiger partial charge in [-0.1, -0.05) is 26.7 Å². The highest BCUT2D eigenvalue weighted by Gasteiger charge is 2.54. The largest absolute Gasteiger partial charge is 0.390 e. The topological polar surface area (TPSA) is 78.9 Å². The molecule has 1 aromatic heterocycles. The third-order valence-corrected chi connectivity index (χ3v) is 9.64. The summed E-state index contributed by atoms with van der Waals surface area (Å²) in [6.45, 7) is 6.96. The Labute approximate surface area is 193 Å². The van der Waals surface area contributed by atoms with Gasteiger partial charge in [0.25, 0.3) is 0 Å². The van der Waals surface area contributed by atoms with E-state index >= 15 is 0 Å². The van der Waals surface area contributed by atoms with Gasteiger partial charge in [0.1, 0.15) is 6.07 Å². The number of nitriles is 1. The highest BCUT2D eigenvalue weighted by atomic mass is 16.3. The standard InChI is InChI=1S/C27H41N3O2/c1-4-20(25(31)18-30-17-19(15-28)16-29-30)8-9-21-6-5-7-24-23(21)11-10-22-14-26(2,32)12-13-27(22,24)3/h16-17,20-24,32H,4-14,18H2,1-3H3/t20-,21+,22-,23+,24+,26-,27+/m1/s1. The first-order chi connectivity index (χ1) is 15.3. The minimum Gasteiger partial charge on any atom is -0.390 e. The van der Waals surface area contributed by atoms with Gasteiger partial charge >= 0.3 is 0 Å². The maximum absolute atomic E-state index is 12.9. The van der Waals surface area contributed by atoms with E-state index < -0.39 is 5.60 Å². The van der Waals surface area contributed by atoms with E-state index in [1.807, 2.05) is 6.92 Å². The van der Waals surface area contributed by atoms with Crippen molar-refractivity contribution in [3.63, 3.8) is 0 Å². The van der Waals surface area contributed by atoms with Gasteiger partial charge in [0, 0.05) is 12.1 Å². The van der Waals surface area contributed by atoms with Crippen LogP contribution in [0.1, 0.15) is 97.0 Å². The predicted molar refractivity (Wildman–Crippen MR) is 125 cm³/mol. The molecule has 5 nitrogen and oxygen atoms in total. The van der Waals surface area contributed by atoms with Crippen LogP contribution in [0.3, 0.4) is 0 Å². The molecule has 0 bridgehead atoms. The molecule has 3 aliphatic carbocycles. The lowest BCUT2D eigenvalue weighted by Gasteiger charge is -2.59. The quantitative estimate of drug-likeness (QED) is 0.607. The minimum atomic E-state index is -0.470. The third kappa shape index (κ3) is 4.67. The smallest absolute Gasteiger partial charge is 0.157 e. The van der Waals surface area contributed by atoms with Crippen LogP contribution in [-0.2, 0) is 11.3 Å². The van der Waals surface area contributed by atoms with Crippen LogP contribution in [0.25, 0.3) is 0 Å². The monoisotopic (exact) mass is 439 g/mol. The van der Waals surface area contributed by atoms with E-state index in [1.54, 1.807) is 10.9 Å². The number of hydrogen-bond acceptors (Lipinski definition) is 4. The number of aromatic nitrogens is 2. The maximum Gasteiger partial charge on any atom is 0.157 e. The molecular formula is C27H41N3O2. The number of Topliss-reactive ketones (excluding diaryl/α,β-unsaturated/α-hetero) is 1. The fourth-order valence-corrected chi connectivity index (χ4v) is 7.70. The van der Waals surface area contributed by atoms with E-state index in [-0.39, 0.29) is 18.2 Å². The van der Waals surface area contributed by atoms with Crippen molar-refractivity contribution in [3.05, 3.63) is 18.0 Å². The lowest BCUT2D eigenvalue weighted by molar-refractivity contribution is -0.129. The number of hydrogen-bond donors (Lipinski definition) is 1. The molecule has 1 N–H and O–H groups in total. The van der Waals surface area contributed by atoms with Gasteiger partial charge in [0.15, 0.2) is 5.78 Å². The highest BCUT2D eigenvalue weighted by Crippen LogP contribution is 2.61. The number of fused-ring (bicyclic) bond motifs is 3. The van der Waals surface area contributed by atoms with Crippen LogP contribution >= 0.6 is 0 Å². The fraction of sp³-hybridized carbons (Fsp3) is 0.815. The Morgan fingerprint density at radius 2 is 2.12 bits per heavy atom. The molecule has 0 radical (unpaired) electrons. The zero-order valence-corrected chi connectivity index (χ0v) is 20.2. The Kier molecular flexibility index (Phi) is 6.82. The second-order valence-electron chi connectivity index (χ2n) is 11.6. The van der Waals surface area contributed by atoms with Crippen LogP contribution < -0.4 is 0 Å². The van der Waals surface area contributed by atoms with Gasteiger partial charge in [0.2, 0.25) is 0 Å². The maximum atomic E-state index is 12.9. The number of carbonyl (C=O) groups excluding carboxylic acids is 1. The molecule has 4 rings (SSSR count). The molecule has 3 aliphatic rings. The van der Waals surface area contributed by atoms with Gasteiger partial charge in [0.05, 0.1) is 23.9 Å². The summed E-state index contributed by atoms with van der Waals surface area (Å²) in [5.41, 5.74) is 0.428. The summed E-state index contributed by atoms with van der Waals surface area (Å²) in [7, 11) is 0. The Hall–Kier alpha value is -1.67. The number of carbonyl (C=O) groups is 1. The van der Waals surface area contributed by atoms with Crippen molar-refractivity contribution in [3.8, 4) is 6.07 Å². The van der Waals surface area contributed by atoms with E-state index in [0.717, 1.165) is 49.9 Å². The zero-order chi connectivity index (χ0) is 22.9. The van der Waals surface area contributed by atoms with Crippen molar-refractivity contribution < 1.29 is 9.90 Å². The molecular weight excluding hydrogens is 398 g/mol. The molecule has 5 heteroatoms. The van der Waals surface area contributed by atoms with Gasteiger partial charge in [-0.2, -0.15) is 10.4 Å². The Balaban J connectivity index is 1.37. The van der Waals surface area contributed by atoms with Crippen molar-refractivity contribution in [2.75, 3.05) is 0 Å². The molecule has 7 atom stereocenters. The summed E-state index contributed by atoms with van der Waals surface area (Å²) in [5, 5.41) is 23.8. The van der Waals surface area contributed by atoms with Crippen molar-refractivity contribution >= 4 is 5.78 Å². The Morgan fingerprint density at radius 1 is 1.31 bits per heavy atom. The summed E-state index contributed by atoms with van der Waals surface area (Å²) in [4.78, 5) is 12.9. The van der Waals surface area contributed by atoms with E-state index in [4.69, 9.17) is 5.26 Å². The van der Waals surface area contributed by atoms with Gasteiger partial charge in [-0.05, 0) is 93.8 Å². The number of nitrogens with zero attached hydrogens (tertiary/aromatic N) is 3. The molecule has 1 aromatic rings. The number of rotatable bonds is 7. The van der Waals surface area contributed by atoms with Crippen molar-refractivity contribution in [1.29, 1.82) is 5.26 Å². The summed E-state index contributed by atoms with van der Waals surface area (Å²) >= 11 is 0. The van der Waals surface area contributed by atoms with Crippen LogP contribution in [0, 0.1) is 46.3 Å². The zero-order valence-electron chi connectivity index (χ0n) is 20.2. The molecule has 0 unspecified atom stereocenters. The summed E-state index contributed by atoms with van der Waals surface area (Å²) in [5.74, 6) is 3.33. The van der Waals surface area contributed by atoms with Crippen molar-refractivity contribution in [1.82, 2.24) is 9.78 Å². The first-order valence-electron chi connectivity index (χ1n) is 12.9. The Morgan fingerprint density at radius 3 is 2.84 bits per heavy atom. The van der Waals surface area contributed by atoms with Crippen LogP contribution in [0.5, 0.6) is 0 Å². The minimum absolute atomic E-state index is 0.0850. The molecule has 0 amide bonds. The lowest BCUT2D eigenvalue weighted by atomic mass is 9.46. The molecule has 3 saturated carbocycles. The summed E-state index contributed by atoms with van der Waals surface area (Å²) in [6.07, 6.45) is 15.9. The normalized spacial score (nSPS) is 37.7. The van der Waals surface area contributed by atoms with Gasteiger partial charge in [-0.25, -0.2) is 0 Å². The summed E-state index contributed by atoms with van der Waals surface area (Å²) < 4.78 is 1.61. The molecule has 1 heterocycles. The third-order valence-electron chi connectivity index (χ3n) is 9.64. The van der Waals surface area contributed by atoms with E-state index in [9.17, 15) is 9.90 Å². The van der Waals surface area contributed by atoms with Gasteiger partial charge in [-0.3, -0.25) is 9.48 Å². The van der Waals surface area contributed by atoms with Crippen LogP contribution in [0.15, 0.2) is 12.4 Å². The molecule has 0 aromatic carbocycles. The van der Waals surface area contributed by atoms with E-state index in [2.05, 4.69) is 25.0 Å². The van der Waals surface area contributed by atoms with Gasteiger partial charge in [-0.15, -0.1) is 0 Å².